The van der Waals surface area contributed by atoms with E-state index in [0.29, 0.717) is 0 Å². The topological polar surface area (TPSA) is 62.3 Å². The second-order valence-electron chi connectivity index (χ2n) is 5.05. The first-order valence-electron chi connectivity index (χ1n) is 6.32. The molecule has 2 aromatic rings. The van der Waals surface area contributed by atoms with E-state index < -0.39 is 5.97 Å². The number of benzene rings is 1. The lowest BCUT2D eigenvalue weighted by Gasteiger charge is -2.07. The first kappa shape index (κ1) is 13.5. The number of carboxylic acid groups (broad SMARTS) is 1. The van der Waals surface area contributed by atoms with Gasteiger partial charge in [0.15, 0.2) is 0 Å². The van der Waals surface area contributed by atoms with Crippen LogP contribution in [0.1, 0.15) is 36.1 Å². The minimum absolute atomic E-state index is 0.0464. The number of rotatable bonds is 4. The second kappa shape index (κ2) is 4.96. The molecule has 0 aliphatic rings. The third-order valence-corrected chi connectivity index (χ3v) is 3.51. The number of nitrogens with one attached hydrogen (secondary N) is 1. The fraction of sp³-hybridized carbons (Fsp3) is 0.400. The van der Waals surface area contributed by atoms with Crippen LogP contribution in [0.4, 0.5) is 0 Å². The van der Waals surface area contributed by atoms with Gasteiger partial charge in [0.1, 0.15) is 5.75 Å². The average Bonchev–Trinajstić information content (AvgIpc) is 2.65. The number of aryl methyl sites for hydroxylation is 2. The first-order valence-corrected chi connectivity index (χ1v) is 6.32. The molecule has 4 nitrogen and oxygen atoms in total. The molecule has 2 N–H and O–H groups in total. The van der Waals surface area contributed by atoms with E-state index in [-0.39, 0.29) is 12.3 Å². The Morgan fingerprint density at radius 1 is 1.42 bits per heavy atom. The van der Waals surface area contributed by atoms with Gasteiger partial charge in [-0.3, -0.25) is 4.79 Å². The molecular formula is C15H19NO3. The highest BCUT2D eigenvalue weighted by Gasteiger charge is 2.18. The zero-order valence-electron chi connectivity index (χ0n) is 11.7. The molecule has 1 atom stereocenters. The van der Waals surface area contributed by atoms with Crippen molar-refractivity contribution < 1.29 is 14.6 Å². The van der Waals surface area contributed by atoms with Crippen LogP contribution >= 0.6 is 0 Å². The fourth-order valence-corrected chi connectivity index (χ4v) is 2.57. The molecule has 1 heterocycles. The summed E-state index contributed by atoms with van der Waals surface area (Å²) in [6.07, 6.45) is 0.120. The minimum Gasteiger partial charge on any atom is -0.495 e. The number of hydrogen-bond donors (Lipinski definition) is 2. The number of ether oxygens (including phenoxy) is 1. The number of aromatic nitrogens is 1. The van der Waals surface area contributed by atoms with Crippen LogP contribution in [0.25, 0.3) is 10.9 Å². The number of H-pyrrole nitrogens is 1. The molecule has 1 aromatic heterocycles. The van der Waals surface area contributed by atoms with Gasteiger partial charge in [-0.25, -0.2) is 0 Å². The maximum absolute atomic E-state index is 10.8. The van der Waals surface area contributed by atoms with Gasteiger partial charge in [-0.2, -0.15) is 0 Å². The summed E-state index contributed by atoms with van der Waals surface area (Å²) in [4.78, 5) is 14.2. The lowest BCUT2D eigenvalue weighted by molar-refractivity contribution is -0.137. The van der Waals surface area contributed by atoms with Gasteiger partial charge >= 0.3 is 5.97 Å². The average molecular weight is 261 g/mol. The van der Waals surface area contributed by atoms with Crippen LogP contribution < -0.4 is 4.74 Å². The summed E-state index contributed by atoms with van der Waals surface area (Å²) in [6.45, 7) is 5.96. The Bertz CT molecular complexity index is 628. The zero-order valence-corrected chi connectivity index (χ0v) is 11.7. The maximum Gasteiger partial charge on any atom is 0.304 e. The van der Waals surface area contributed by atoms with E-state index in [2.05, 4.69) is 11.1 Å². The quantitative estimate of drug-likeness (QED) is 0.887. The summed E-state index contributed by atoms with van der Waals surface area (Å²) in [7, 11) is 1.64. The zero-order chi connectivity index (χ0) is 14.2. The van der Waals surface area contributed by atoms with E-state index in [1.54, 1.807) is 7.11 Å². The molecule has 2 rings (SSSR count). The molecule has 0 saturated carbocycles. The lowest BCUT2D eigenvalue weighted by Crippen LogP contribution is -2.04. The van der Waals surface area contributed by atoms with Gasteiger partial charge in [0.2, 0.25) is 0 Å². The van der Waals surface area contributed by atoms with E-state index in [9.17, 15) is 4.79 Å². The standard InChI is InChI=1S/C15H19NO3/c1-8-5-11-10(3)14(9(2)7-13(17)18)16-15(11)12(6-8)19-4/h5-6,9,16H,7H2,1-4H3,(H,17,18). The van der Waals surface area contributed by atoms with Crippen LogP contribution in [-0.2, 0) is 4.79 Å². The summed E-state index contributed by atoms with van der Waals surface area (Å²) in [6, 6.07) is 4.07. The second-order valence-corrected chi connectivity index (χ2v) is 5.05. The Labute approximate surface area is 112 Å². The largest absolute Gasteiger partial charge is 0.495 e. The Balaban J connectivity index is 2.59. The van der Waals surface area contributed by atoms with Crippen LogP contribution in [0.3, 0.4) is 0 Å². The molecule has 102 valence electrons. The summed E-state index contributed by atoms with van der Waals surface area (Å²) < 4.78 is 5.39. The van der Waals surface area contributed by atoms with Crippen molar-refractivity contribution in [3.05, 3.63) is 29.0 Å². The Morgan fingerprint density at radius 3 is 2.68 bits per heavy atom. The van der Waals surface area contributed by atoms with Gasteiger partial charge in [-0.15, -0.1) is 0 Å². The van der Waals surface area contributed by atoms with Crippen molar-refractivity contribution >= 4 is 16.9 Å². The number of aliphatic carboxylic acids is 1. The predicted octanol–water partition coefficient (Wildman–Crippen LogP) is 3.37. The van der Waals surface area contributed by atoms with Crippen molar-refractivity contribution in [2.45, 2.75) is 33.1 Å². The monoisotopic (exact) mass is 261 g/mol. The summed E-state index contributed by atoms with van der Waals surface area (Å²) in [5.74, 6) is -0.0320. The van der Waals surface area contributed by atoms with Crippen LogP contribution in [0.2, 0.25) is 0 Å². The lowest BCUT2D eigenvalue weighted by atomic mass is 9.99. The van der Waals surface area contributed by atoms with Crippen molar-refractivity contribution in [3.63, 3.8) is 0 Å². The van der Waals surface area contributed by atoms with E-state index in [1.807, 2.05) is 26.8 Å². The maximum atomic E-state index is 10.8. The molecule has 0 saturated heterocycles. The summed E-state index contributed by atoms with van der Waals surface area (Å²) >= 11 is 0. The molecule has 0 spiro atoms. The van der Waals surface area contributed by atoms with E-state index >= 15 is 0 Å². The molecule has 1 aromatic carbocycles. The van der Waals surface area contributed by atoms with Crippen LogP contribution in [0.5, 0.6) is 5.75 Å². The molecule has 1 unspecified atom stereocenters. The Kier molecular flexibility index (Phi) is 3.51. The molecule has 0 aliphatic carbocycles. The molecule has 0 fully saturated rings. The normalized spacial score (nSPS) is 12.6. The summed E-state index contributed by atoms with van der Waals surface area (Å²) in [5, 5.41) is 10.0. The van der Waals surface area contributed by atoms with E-state index in [0.717, 1.165) is 33.5 Å². The molecule has 19 heavy (non-hydrogen) atoms. The number of methoxy groups -OCH3 is 1. The van der Waals surface area contributed by atoms with Gasteiger partial charge in [0, 0.05) is 17.0 Å². The number of carbonyl (C=O) groups is 1. The SMILES string of the molecule is COc1cc(C)cc2c(C)c(C(C)CC(=O)O)[nH]c12. The van der Waals surface area contributed by atoms with Crippen molar-refractivity contribution in [2.24, 2.45) is 0 Å². The Hall–Kier alpha value is -1.97. The molecule has 0 radical (unpaired) electrons. The van der Waals surface area contributed by atoms with Gasteiger partial charge < -0.3 is 14.8 Å². The van der Waals surface area contributed by atoms with Crippen molar-refractivity contribution in [1.29, 1.82) is 0 Å². The third kappa shape index (κ3) is 2.43. The molecular weight excluding hydrogens is 242 g/mol. The van der Waals surface area contributed by atoms with E-state index in [4.69, 9.17) is 9.84 Å². The van der Waals surface area contributed by atoms with E-state index in [1.165, 1.54) is 0 Å². The van der Waals surface area contributed by atoms with Gasteiger partial charge in [-0.05, 0) is 37.1 Å². The van der Waals surface area contributed by atoms with Crippen molar-refractivity contribution in [3.8, 4) is 5.75 Å². The number of fused-ring (bicyclic) bond motifs is 1. The van der Waals surface area contributed by atoms with Gasteiger partial charge in [0.05, 0.1) is 19.0 Å². The smallest absolute Gasteiger partial charge is 0.304 e. The van der Waals surface area contributed by atoms with Crippen LogP contribution in [0, 0.1) is 13.8 Å². The highest BCUT2D eigenvalue weighted by Crippen LogP contribution is 2.34. The Morgan fingerprint density at radius 2 is 2.11 bits per heavy atom. The highest BCUT2D eigenvalue weighted by atomic mass is 16.5. The molecule has 4 heteroatoms. The number of hydrogen-bond acceptors (Lipinski definition) is 2. The van der Waals surface area contributed by atoms with Gasteiger partial charge in [-0.1, -0.05) is 6.92 Å². The highest BCUT2D eigenvalue weighted by molar-refractivity contribution is 5.90. The third-order valence-electron chi connectivity index (χ3n) is 3.51. The van der Waals surface area contributed by atoms with Crippen LogP contribution in [0.15, 0.2) is 12.1 Å². The number of carboxylic acids is 1. The fourth-order valence-electron chi connectivity index (χ4n) is 2.57. The van der Waals surface area contributed by atoms with Crippen LogP contribution in [-0.4, -0.2) is 23.2 Å². The van der Waals surface area contributed by atoms with Crippen molar-refractivity contribution in [1.82, 2.24) is 4.98 Å². The number of aromatic amines is 1. The molecule has 0 aliphatic heterocycles. The van der Waals surface area contributed by atoms with Crippen molar-refractivity contribution in [2.75, 3.05) is 7.11 Å². The molecule has 0 bridgehead atoms. The molecule has 0 amide bonds. The minimum atomic E-state index is -0.784. The van der Waals surface area contributed by atoms with Gasteiger partial charge in [0.25, 0.3) is 0 Å². The summed E-state index contributed by atoms with van der Waals surface area (Å²) in [5.41, 5.74) is 4.15. The predicted molar refractivity (Wildman–Crippen MR) is 75.0 cm³/mol. The first-order chi connectivity index (χ1) is 8.93.